The standard InChI is InChI=1S/C6H11NO/c1-5(7-8-2)6-3-4-6/h6H,3-4H2,1-2H3. The molecule has 0 spiro atoms. The van der Waals surface area contributed by atoms with Crippen molar-refractivity contribution >= 4 is 5.71 Å². The van der Waals surface area contributed by atoms with E-state index in [0.29, 0.717) is 0 Å². The lowest BCUT2D eigenvalue weighted by molar-refractivity contribution is 0.212. The van der Waals surface area contributed by atoms with Gasteiger partial charge < -0.3 is 4.84 Å². The second-order valence-electron chi connectivity index (χ2n) is 2.19. The van der Waals surface area contributed by atoms with Gasteiger partial charge in [-0.3, -0.25) is 0 Å². The van der Waals surface area contributed by atoms with Gasteiger partial charge in [-0.2, -0.15) is 0 Å². The summed E-state index contributed by atoms with van der Waals surface area (Å²) >= 11 is 0. The van der Waals surface area contributed by atoms with Crippen LogP contribution in [0.1, 0.15) is 19.8 Å². The van der Waals surface area contributed by atoms with Gasteiger partial charge in [-0.25, -0.2) is 0 Å². The highest BCUT2D eigenvalue weighted by atomic mass is 16.6. The first-order valence-electron chi connectivity index (χ1n) is 2.92. The third kappa shape index (κ3) is 1.22. The van der Waals surface area contributed by atoms with Crippen LogP contribution < -0.4 is 0 Å². The lowest BCUT2D eigenvalue weighted by Crippen LogP contribution is -1.92. The van der Waals surface area contributed by atoms with Gasteiger partial charge in [0, 0.05) is 5.92 Å². The Morgan fingerprint density at radius 2 is 2.25 bits per heavy atom. The van der Waals surface area contributed by atoms with E-state index in [9.17, 15) is 0 Å². The van der Waals surface area contributed by atoms with Crippen LogP contribution in [0, 0.1) is 5.92 Å². The molecular formula is C6H11NO. The summed E-state index contributed by atoms with van der Waals surface area (Å²) in [6.45, 7) is 2.02. The molecule has 46 valence electrons. The van der Waals surface area contributed by atoms with Gasteiger partial charge in [0.25, 0.3) is 0 Å². The van der Waals surface area contributed by atoms with E-state index in [2.05, 4.69) is 9.99 Å². The van der Waals surface area contributed by atoms with Crippen molar-refractivity contribution in [2.45, 2.75) is 19.8 Å². The van der Waals surface area contributed by atoms with Crippen LogP contribution in [0.25, 0.3) is 0 Å². The summed E-state index contributed by atoms with van der Waals surface area (Å²) < 4.78 is 0. The zero-order chi connectivity index (χ0) is 5.98. The fourth-order valence-corrected chi connectivity index (χ4v) is 0.720. The Morgan fingerprint density at radius 1 is 1.62 bits per heavy atom. The van der Waals surface area contributed by atoms with E-state index in [-0.39, 0.29) is 0 Å². The third-order valence-electron chi connectivity index (χ3n) is 1.40. The second kappa shape index (κ2) is 2.16. The SMILES string of the molecule is CON=C(C)C1CC1. The Kier molecular flexibility index (Phi) is 1.51. The molecule has 0 aromatic rings. The fraction of sp³-hybridized carbons (Fsp3) is 0.833. The molecule has 0 aliphatic heterocycles. The highest BCUT2D eigenvalue weighted by Crippen LogP contribution is 2.30. The van der Waals surface area contributed by atoms with Crippen LogP contribution in [0.5, 0.6) is 0 Å². The molecule has 8 heavy (non-hydrogen) atoms. The summed E-state index contributed by atoms with van der Waals surface area (Å²) in [4.78, 5) is 4.59. The van der Waals surface area contributed by atoms with Crippen LogP contribution in [-0.4, -0.2) is 12.8 Å². The van der Waals surface area contributed by atoms with Crippen molar-refractivity contribution in [2.75, 3.05) is 7.11 Å². The zero-order valence-corrected chi connectivity index (χ0v) is 5.35. The van der Waals surface area contributed by atoms with Gasteiger partial charge in [0.2, 0.25) is 0 Å². The van der Waals surface area contributed by atoms with Crippen LogP contribution >= 0.6 is 0 Å². The quantitative estimate of drug-likeness (QED) is 0.392. The maximum atomic E-state index is 4.59. The topological polar surface area (TPSA) is 21.6 Å². The molecule has 0 bridgehead atoms. The Balaban J connectivity index is 2.31. The van der Waals surface area contributed by atoms with Crippen molar-refractivity contribution in [2.24, 2.45) is 11.1 Å². The maximum Gasteiger partial charge on any atom is 0.106 e. The first-order chi connectivity index (χ1) is 3.84. The summed E-state index contributed by atoms with van der Waals surface area (Å²) in [5.41, 5.74) is 1.15. The first-order valence-corrected chi connectivity index (χ1v) is 2.92. The molecule has 0 saturated heterocycles. The highest BCUT2D eigenvalue weighted by Gasteiger charge is 2.24. The van der Waals surface area contributed by atoms with Gasteiger partial charge in [-0.05, 0) is 19.8 Å². The fourth-order valence-electron chi connectivity index (χ4n) is 0.720. The number of nitrogens with zero attached hydrogens (tertiary/aromatic N) is 1. The summed E-state index contributed by atoms with van der Waals surface area (Å²) in [6, 6.07) is 0. The average molecular weight is 113 g/mol. The first kappa shape index (κ1) is 5.60. The summed E-state index contributed by atoms with van der Waals surface area (Å²) in [6.07, 6.45) is 2.61. The van der Waals surface area contributed by atoms with Crippen molar-refractivity contribution in [1.29, 1.82) is 0 Å². The second-order valence-corrected chi connectivity index (χ2v) is 2.19. The van der Waals surface area contributed by atoms with E-state index in [0.717, 1.165) is 11.6 Å². The van der Waals surface area contributed by atoms with Crippen LogP contribution in [0.3, 0.4) is 0 Å². The molecule has 0 aromatic carbocycles. The number of hydrogen-bond donors (Lipinski definition) is 0. The summed E-state index contributed by atoms with van der Waals surface area (Å²) in [7, 11) is 1.59. The molecule has 2 nitrogen and oxygen atoms in total. The molecule has 0 aromatic heterocycles. The van der Waals surface area contributed by atoms with Gasteiger partial charge in [0.15, 0.2) is 0 Å². The molecule has 0 amide bonds. The number of hydrogen-bond acceptors (Lipinski definition) is 2. The van der Waals surface area contributed by atoms with Gasteiger partial charge in [0.1, 0.15) is 7.11 Å². The van der Waals surface area contributed by atoms with E-state index in [1.54, 1.807) is 7.11 Å². The van der Waals surface area contributed by atoms with Gasteiger partial charge in [-0.15, -0.1) is 0 Å². The monoisotopic (exact) mass is 113 g/mol. The Bertz CT molecular complexity index is 105. The molecule has 0 radical (unpaired) electrons. The molecule has 2 heteroatoms. The van der Waals surface area contributed by atoms with E-state index < -0.39 is 0 Å². The minimum absolute atomic E-state index is 0.745. The third-order valence-corrected chi connectivity index (χ3v) is 1.40. The van der Waals surface area contributed by atoms with Gasteiger partial charge >= 0.3 is 0 Å². The number of oxime groups is 1. The minimum Gasteiger partial charge on any atom is -0.399 e. The van der Waals surface area contributed by atoms with E-state index in [1.807, 2.05) is 6.92 Å². The summed E-state index contributed by atoms with van der Waals surface area (Å²) in [5, 5.41) is 3.80. The van der Waals surface area contributed by atoms with Crippen molar-refractivity contribution < 1.29 is 4.84 Å². The van der Waals surface area contributed by atoms with Gasteiger partial charge in [-0.1, -0.05) is 5.16 Å². The average Bonchev–Trinajstić information content (AvgIpc) is 2.45. The Morgan fingerprint density at radius 3 is 2.62 bits per heavy atom. The molecular weight excluding hydrogens is 102 g/mol. The van der Waals surface area contributed by atoms with Crippen LogP contribution in [-0.2, 0) is 4.84 Å². The van der Waals surface area contributed by atoms with E-state index in [4.69, 9.17) is 0 Å². The summed E-state index contributed by atoms with van der Waals surface area (Å²) in [5.74, 6) is 0.745. The molecule has 0 atom stereocenters. The Labute approximate surface area is 49.5 Å². The van der Waals surface area contributed by atoms with Crippen LogP contribution in [0.15, 0.2) is 5.16 Å². The molecule has 1 aliphatic carbocycles. The molecule has 1 aliphatic rings. The molecule has 0 N–H and O–H groups in total. The molecule has 1 rings (SSSR count). The van der Waals surface area contributed by atoms with Crippen molar-refractivity contribution in [3.63, 3.8) is 0 Å². The van der Waals surface area contributed by atoms with E-state index in [1.165, 1.54) is 12.8 Å². The van der Waals surface area contributed by atoms with E-state index >= 15 is 0 Å². The molecule has 1 saturated carbocycles. The smallest absolute Gasteiger partial charge is 0.106 e. The van der Waals surface area contributed by atoms with Crippen molar-refractivity contribution in [3.05, 3.63) is 0 Å². The van der Waals surface area contributed by atoms with Crippen molar-refractivity contribution in [1.82, 2.24) is 0 Å². The largest absolute Gasteiger partial charge is 0.399 e. The van der Waals surface area contributed by atoms with Crippen LogP contribution in [0.2, 0.25) is 0 Å². The van der Waals surface area contributed by atoms with Crippen molar-refractivity contribution in [3.8, 4) is 0 Å². The molecule has 0 unspecified atom stereocenters. The zero-order valence-electron chi connectivity index (χ0n) is 5.35. The van der Waals surface area contributed by atoms with Gasteiger partial charge in [0.05, 0.1) is 5.71 Å². The minimum atomic E-state index is 0.745. The molecule has 1 fully saturated rings. The van der Waals surface area contributed by atoms with Crippen LogP contribution in [0.4, 0.5) is 0 Å². The lowest BCUT2D eigenvalue weighted by Gasteiger charge is -1.91. The maximum absolute atomic E-state index is 4.59. The lowest BCUT2D eigenvalue weighted by atomic mass is 10.3. The molecule has 0 heterocycles. The predicted molar refractivity (Wildman–Crippen MR) is 32.8 cm³/mol. The highest BCUT2D eigenvalue weighted by molar-refractivity contribution is 5.85. The number of rotatable bonds is 2. The predicted octanol–water partition coefficient (Wildman–Crippen LogP) is 1.42. The normalized spacial score (nSPS) is 21.0. The Hall–Kier alpha value is -0.530.